The number of carbonyl (C=O) groups excluding carboxylic acids is 2. The van der Waals surface area contributed by atoms with Crippen LogP contribution in [0.2, 0.25) is 0 Å². The van der Waals surface area contributed by atoms with E-state index in [-0.39, 0.29) is 34.3 Å². The van der Waals surface area contributed by atoms with Crippen molar-refractivity contribution in [2.75, 3.05) is 36.4 Å². The molecule has 168 valence electrons. The van der Waals surface area contributed by atoms with E-state index >= 15 is 0 Å². The van der Waals surface area contributed by atoms with Crippen molar-refractivity contribution in [2.45, 2.75) is 13.2 Å². The maximum absolute atomic E-state index is 13.1. The third kappa shape index (κ3) is 4.24. The molecule has 1 fully saturated rings. The van der Waals surface area contributed by atoms with Crippen LogP contribution >= 0.6 is 0 Å². The minimum absolute atomic E-state index is 0.0193. The molecule has 2 amide bonds. The first kappa shape index (κ1) is 21.3. The van der Waals surface area contributed by atoms with Gasteiger partial charge in [0.15, 0.2) is 11.5 Å². The Morgan fingerprint density at radius 3 is 2.41 bits per heavy atom. The van der Waals surface area contributed by atoms with Gasteiger partial charge >= 0.3 is 6.29 Å². The summed E-state index contributed by atoms with van der Waals surface area (Å²) in [4.78, 5) is 38.6. The summed E-state index contributed by atoms with van der Waals surface area (Å²) in [7, 11) is 0. The van der Waals surface area contributed by atoms with E-state index in [0.717, 1.165) is 6.07 Å². The second-order valence-corrected chi connectivity index (χ2v) is 7.24. The molecular weight excluding hydrogens is 430 g/mol. The zero-order valence-electron chi connectivity index (χ0n) is 16.8. The van der Waals surface area contributed by atoms with E-state index in [4.69, 9.17) is 0 Å². The molecule has 32 heavy (non-hydrogen) atoms. The van der Waals surface area contributed by atoms with Gasteiger partial charge in [-0.3, -0.25) is 19.7 Å². The lowest BCUT2D eigenvalue weighted by Crippen LogP contribution is -2.48. The Labute approximate surface area is 180 Å². The van der Waals surface area contributed by atoms with Crippen LogP contribution in [0.5, 0.6) is 11.5 Å². The van der Waals surface area contributed by atoms with Gasteiger partial charge in [-0.2, -0.15) is 0 Å². The van der Waals surface area contributed by atoms with E-state index in [2.05, 4.69) is 14.8 Å². The van der Waals surface area contributed by atoms with Crippen molar-refractivity contribution in [3.63, 3.8) is 0 Å². The predicted molar refractivity (Wildman–Crippen MR) is 108 cm³/mol. The van der Waals surface area contributed by atoms with Gasteiger partial charge in [0.1, 0.15) is 5.69 Å². The summed E-state index contributed by atoms with van der Waals surface area (Å²) in [6, 6.07) is 7.82. The molecule has 4 rings (SSSR count). The Morgan fingerprint density at radius 2 is 1.75 bits per heavy atom. The van der Waals surface area contributed by atoms with Crippen LogP contribution in [-0.2, 0) is 4.79 Å². The minimum Gasteiger partial charge on any atom is -0.395 e. The lowest BCUT2D eigenvalue weighted by atomic mass is 10.1. The number of halogens is 2. The van der Waals surface area contributed by atoms with Crippen molar-refractivity contribution in [2.24, 2.45) is 0 Å². The van der Waals surface area contributed by atoms with E-state index in [1.165, 1.54) is 37.3 Å². The Bertz CT molecular complexity index is 1100. The first-order chi connectivity index (χ1) is 15.1. The lowest BCUT2D eigenvalue weighted by molar-refractivity contribution is -0.384. The van der Waals surface area contributed by atoms with Crippen LogP contribution in [0.4, 0.5) is 25.8 Å². The van der Waals surface area contributed by atoms with Crippen LogP contribution in [0.1, 0.15) is 17.3 Å². The molecule has 2 aromatic carbocycles. The summed E-state index contributed by atoms with van der Waals surface area (Å²) in [5.41, 5.74) is 0.271. The van der Waals surface area contributed by atoms with Gasteiger partial charge < -0.3 is 24.6 Å². The third-order valence-electron chi connectivity index (χ3n) is 5.16. The highest BCUT2D eigenvalue weighted by Gasteiger charge is 2.43. The first-order valence-electron chi connectivity index (χ1n) is 9.63. The quantitative estimate of drug-likeness (QED) is 0.565. The Morgan fingerprint density at radius 1 is 1.06 bits per heavy atom. The molecule has 0 aromatic heterocycles. The summed E-state index contributed by atoms with van der Waals surface area (Å²) in [5, 5.41) is 14.1. The molecule has 0 unspecified atom stereocenters. The van der Waals surface area contributed by atoms with Gasteiger partial charge in [-0.15, -0.1) is 8.78 Å². The van der Waals surface area contributed by atoms with E-state index in [9.17, 15) is 28.5 Å². The number of hydrogen-bond acceptors (Lipinski definition) is 7. The van der Waals surface area contributed by atoms with Crippen LogP contribution in [-0.4, -0.2) is 54.1 Å². The molecule has 0 radical (unpaired) electrons. The molecule has 10 nitrogen and oxygen atoms in total. The molecule has 1 saturated heterocycles. The molecule has 2 aromatic rings. The molecule has 12 heteroatoms. The number of rotatable bonds is 4. The van der Waals surface area contributed by atoms with Crippen LogP contribution in [0.25, 0.3) is 0 Å². The zero-order valence-corrected chi connectivity index (χ0v) is 16.8. The lowest BCUT2D eigenvalue weighted by Gasteiger charge is -2.35. The van der Waals surface area contributed by atoms with E-state index in [1.54, 1.807) is 9.80 Å². The Hall–Kier alpha value is -3.96. The molecule has 0 saturated carbocycles. The fraction of sp³-hybridized carbons (Fsp3) is 0.300. The van der Waals surface area contributed by atoms with E-state index in [0.29, 0.717) is 31.9 Å². The third-order valence-corrected chi connectivity index (χ3v) is 5.16. The van der Waals surface area contributed by atoms with Gasteiger partial charge in [-0.05, 0) is 24.3 Å². The number of anilines is 2. The number of benzene rings is 2. The topological polar surface area (TPSA) is 114 Å². The van der Waals surface area contributed by atoms with Gasteiger partial charge in [-0.25, -0.2) is 0 Å². The summed E-state index contributed by atoms with van der Waals surface area (Å²) in [6.07, 6.45) is -3.78. The second-order valence-electron chi connectivity index (χ2n) is 7.24. The number of fused-ring (bicyclic) bond motifs is 1. The summed E-state index contributed by atoms with van der Waals surface area (Å²) in [5.74, 6) is -1.12. The number of piperazine rings is 1. The molecule has 0 atom stereocenters. The highest BCUT2D eigenvalue weighted by molar-refractivity contribution is 6.05. The Balaban J connectivity index is 1.51. The van der Waals surface area contributed by atoms with Gasteiger partial charge in [0.2, 0.25) is 5.91 Å². The van der Waals surface area contributed by atoms with Gasteiger partial charge in [0.25, 0.3) is 11.6 Å². The molecule has 2 heterocycles. The molecule has 2 aliphatic heterocycles. The van der Waals surface area contributed by atoms with Gasteiger partial charge in [0, 0.05) is 56.5 Å². The van der Waals surface area contributed by atoms with Crippen molar-refractivity contribution < 1.29 is 32.8 Å². The minimum atomic E-state index is -3.78. The van der Waals surface area contributed by atoms with Crippen LogP contribution in [0.15, 0.2) is 36.4 Å². The second kappa shape index (κ2) is 7.94. The monoisotopic (exact) mass is 448 g/mol. The van der Waals surface area contributed by atoms with Crippen LogP contribution in [0.3, 0.4) is 0 Å². The normalized spacial score (nSPS) is 16.6. The van der Waals surface area contributed by atoms with E-state index in [1.807, 2.05) is 0 Å². The van der Waals surface area contributed by atoms with Gasteiger partial charge in [-0.1, -0.05) is 0 Å². The maximum atomic E-state index is 13.1. The molecule has 0 aliphatic carbocycles. The summed E-state index contributed by atoms with van der Waals surface area (Å²) >= 11 is 0. The number of hydrogen-bond donors (Lipinski definition) is 1. The summed E-state index contributed by atoms with van der Waals surface area (Å²) in [6.45, 7) is 3.20. The highest BCUT2D eigenvalue weighted by atomic mass is 19.3. The van der Waals surface area contributed by atoms with Gasteiger partial charge in [0.05, 0.1) is 4.92 Å². The number of ether oxygens (including phenoxy) is 2. The smallest absolute Gasteiger partial charge is 0.395 e. The first-order valence-corrected chi connectivity index (χ1v) is 9.63. The predicted octanol–water partition coefficient (Wildman–Crippen LogP) is 2.84. The maximum Gasteiger partial charge on any atom is 0.586 e. The average Bonchev–Trinajstić information content (AvgIpc) is 3.06. The van der Waals surface area contributed by atoms with E-state index < -0.39 is 17.1 Å². The molecular formula is C20H18F2N4O6. The number of nitro benzene ring substituents is 1. The average molecular weight is 448 g/mol. The number of nitrogens with one attached hydrogen (secondary N) is 1. The van der Waals surface area contributed by atoms with Crippen LogP contribution in [0, 0.1) is 10.1 Å². The number of carbonyl (C=O) groups is 2. The fourth-order valence-electron chi connectivity index (χ4n) is 3.57. The van der Waals surface area contributed by atoms with Crippen molar-refractivity contribution in [3.8, 4) is 11.5 Å². The van der Waals surface area contributed by atoms with Crippen molar-refractivity contribution in [3.05, 3.63) is 52.1 Å². The molecule has 1 N–H and O–H groups in total. The van der Waals surface area contributed by atoms with Crippen molar-refractivity contribution in [1.29, 1.82) is 0 Å². The number of nitrogens with zero attached hydrogens (tertiary/aromatic N) is 3. The zero-order chi connectivity index (χ0) is 23.0. The number of nitro groups is 1. The molecule has 2 aliphatic rings. The number of alkyl halides is 2. The standard InChI is InChI=1S/C20H18F2N4O6/c1-12(27)24-6-8-25(9-7-24)15-4-2-13(10-16(15)26(29)30)19(28)23-14-3-5-17-18(11-14)32-20(21,22)31-17/h2-5,10-11H,6-9H2,1H3,(H,23,28). The fourth-order valence-corrected chi connectivity index (χ4v) is 3.57. The van der Waals surface area contributed by atoms with Crippen molar-refractivity contribution in [1.82, 2.24) is 4.90 Å². The Kier molecular flexibility index (Phi) is 5.28. The molecule has 0 bridgehead atoms. The highest BCUT2D eigenvalue weighted by Crippen LogP contribution is 2.42. The van der Waals surface area contributed by atoms with Crippen molar-refractivity contribution >= 4 is 28.9 Å². The summed E-state index contributed by atoms with van der Waals surface area (Å²) < 4.78 is 35.0. The number of amides is 2. The molecule has 0 spiro atoms. The SMILES string of the molecule is CC(=O)N1CCN(c2ccc(C(=O)Nc3ccc4c(c3)OC(F)(F)O4)cc2[N+](=O)[O-])CC1. The largest absolute Gasteiger partial charge is 0.586 e. The van der Waals surface area contributed by atoms with Crippen LogP contribution < -0.4 is 19.7 Å².